The molecule has 2 bridgehead atoms. The Kier molecular flexibility index (Phi) is 4.52. The fourth-order valence-corrected chi connectivity index (χ4v) is 3.75. The van der Waals surface area contributed by atoms with Crippen LogP contribution in [0.15, 0.2) is 24.3 Å². The van der Waals surface area contributed by atoms with Crippen molar-refractivity contribution in [2.45, 2.75) is 31.3 Å². The molecule has 3 atom stereocenters. The highest BCUT2D eigenvalue weighted by molar-refractivity contribution is 5.78. The van der Waals surface area contributed by atoms with Gasteiger partial charge in [0, 0.05) is 13.2 Å². The molecule has 0 N–H and O–H groups in total. The fourth-order valence-electron chi connectivity index (χ4n) is 3.75. The van der Waals surface area contributed by atoms with Crippen LogP contribution in [0.2, 0.25) is 0 Å². The molecule has 1 amide bonds. The molecule has 1 heterocycles. The number of amides is 1. The average molecular weight is 305 g/mol. The zero-order valence-electron chi connectivity index (χ0n) is 13.2. The van der Waals surface area contributed by atoms with Crippen LogP contribution in [0, 0.1) is 5.92 Å². The summed E-state index contributed by atoms with van der Waals surface area (Å²) in [4.78, 5) is 14.3. The van der Waals surface area contributed by atoms with E-state index in [9.17, 15) is 4.79 Å². The van der Waals surface area contributed by atoms with E-state index in [1.165, 1.54) is 6.42 Å². The van der Waals surface area contributed by atoms with Crippen molar-refractivity contribution in [2.75, 3.05) is 27.4 Å². The molecule has 3 rings (SSSR count). The Labute approximate surface area is 131 Å². The molecule has 5 nitrogen and oxygen atoms in total. The van der Waals surface area contributed by atoms with Gasteiger partial charge in [-0.05, 0) is 49.4 Å². The number of carbonyl (C=O) groups excluding carboxylic acids is 1. The van der Waals surface area contributed by atoms with E-state index in [-0.39, 0.29) is 18.6 Å². The Balaban J connectivity index is 1.63. The van der Waals surface area contributed by atoms with Crippen molar-refractivity contribution >= 4 is 5.91 Å². The van der Waals surface area contributed by atoms with Crippen LogP contribution >= 0.6 is 0 Å². The van der Waals surface area contributed by atoms with E-state index < -0.39 is 0 Å². The van der Waals surface area contributed by atoms with E-state index in [1.54, 1.807) is 14.2 Å². The largest absolute Gasteiger partial charge is 0.497 e. The Bertz CT molecular complexity index is 516. The van der Waals surface area contributed by atoms with E-state index in [0.29, 0.717) is 18.6 Å². The molecule has 1 aliphatic carbocycles. The molecule has 22 heavy (non-hydrogen) atoms. The highest BCUT2D eigenvalue weighted by Gasteiger charge is 2.48. The molecule has 0 spiro atoms. The quantitative estimate of drug-likeness (QED) is 0.807. The van der Waals surface area contributed by atoms with E-state index >= 15 is 0 Å². The predicted molar refractivity (Wildman–Crippen MR) is 82.1 cm³/mol. The number of methoxy groups -OCH3 is 2. The minimum atomic E-state index is 0.0815. The molecule has 1 saturated heterocycles. The third kappa shape index (κ3) is 2.90. The lowest BCUT2D eigenvalue weighted by Crippen LogP contribution is -2.49. The lowest BCUT2D eigenvalue weighted by atomic mass is 9.99. The Morgan fingerprint density at radius 1 is 1.18 bits per heavy atom. The van der Waals surface area contributed by atoms with Gasteiger partial charge in [-0.1, -0.05) is 0 Å². The molecule has 1 aromatic carbocycles. The number of piperidine rings is 1. The lowest BCUT2D eigenvalue weighted by Gasteiger charge is -2.35. The SMILES string of the molecule is COCC(=O)N1[C@H]2CC[C@H](C2)[C@@H]1COc1ccc(OC)cc1. The second-order valence-corrected chi connectivity index (χ2v) is 6.01. The summed E-state index contributed by atoms with van der Waals surface area (Å²) in [5.74, 6) is 2.26. The van der Waals surface area contributed by atoms with Crippen molar-refractivity contribution in [3.8, 4) is 11.5 Å². The van der Waals surface area contributed by atoms with Crippen LogP contribution in [0.25, 0.3) is 0 Å². The minimum Gasteiger partial charge on any atom is -0.497 e. The zero-order chi connectivity index (χ0) is 15.5. The number of ether oxygens (including phenoxy) is 3. The number of nitrogens with zero attached hydrogens (tertiary/aromatic N) is 1. The zero-order valence-corrected chi connectivity index (χ0v) is 13.2. The van der Waals surface area contributed by atoms with Crippen LogP contribution < -0.4 is 9.47 Å². The maximum atomic E-state index is 12.3. The van der Waals surface area contributed by atoms with Crippen LogP contribution in [-0.2, 0) is 9.53 Å². The van der Waals surface area contributed by atoms with Crippen molar-refractivity contribution in [3.63, 3.8) is 0 Å². The first-order valence-electron chi connectivity index (χ1n) is 7.80. The maximum Gasteiger partial charge on any atom is 0.249 e. The van der Waals surface area contributed by atoms with Crippen LogP contribution in [0.4, 0.5) is 0 Å². The molecule has 2 aliphatic rings. The van der Waals surface area contributed by atoms with Crippen LogP contribution in [0.1, 0.15) is 19.3 Å². The summed E-state index contributed by atoms with van der Waals surface area (Å²) in [6, 6.07) is 8.09. The minimum absolute atomic E-state index is 0.0815. The predicted octanol–water partition coefficient (Wildman–Crippen LogP) is 2.10. The summed E-state index contributed by atoms with van der Waals surface area (Å²) in [6.45, 7) is 0.700. The summed E-state index contributed by atoms with van der Waals surface area (Å²) in [5, 5.41) is 0. The highest BCUT2D eigenvalue weighted by Crippen LogP contribution is 2.42. The second-order valence-electron chi connectivity index (χ2n) is 6.01. The Hall–Kier alpha value is -1.75. The van der Waals surface area contributed by atoms with Gasteiger partial charge in [-0.3, -0.25) is 4.79 Å². The maximum absolute atomic E-state index is 12.3. The highest BCUT2D eigenvalue weighted by atomic mass is 16.5. The second kappa shape index (κ2) is 6.57. The Morgan fingerprint density at radius 3 is 2.59 bits per heavy atom. The molecule has 1 saturated carbocycles. The van der Waals surface area contributed by atoms with Gasteiger partial charge < -0.3 is 19.1 Å². The normalized spacial score (nSPS) is 26.3. The van der Waals surface area contributed by atoms with E-state index in [4.69, 9.17) is 14.2 Å². The number of benzene rings is 1. The molecule has 1 aliphatic heterocycles. The Morgan fingerprint density at radius 2 is 1.91 bits per heavy atom. The van der Waals surface area contributed by atoms with Crippen molar-refractivity contribution < 1.29 is 19.0 Å². The smallest absolute Gasteiger partial charge is 0.249 e. The van der Waals surface area contributed by atoms with Gasteiger partial charge in [-0.2, -0.15) is 0 Å². The number of likely N-dealkylation sites (tertiary alicyclic amines) is 1. The number of rotatable bonds is 6. The third-order valence-corrected chi connectivity index (χ3v) is 4.78. The lowest BCUT2D eigenvalue weighted by molar-refractivity contribution is -0.140. The molecular weight excluding hydrogens is 282 g/mol. The van der Waals surface area contributed by atoms with Gasteiger partial charge in [0.25, 0.3) is 0 Å². The molecular formula is C17H23NO4. The first-order chi connectivity index (χ1) is 10.7. The summed E-state index contributed by atoms with van der Waals surface area (Å²) in [6.07, 6.45) is 3.41. The summed E-state index contributed by atoms with van der Waals surface area (Å²) >= 11 is 0. The molecule has 5 heteroatoms. The number of carbonyl (C=O) groups is 1. The van der Waals surface area contributed by atoms with Gasteiger partial charge in [0.05, 0.1) is 13.2 Å². The van der Waals surface area contributed by atoms with Crippen molar-refractivity contribution in [1.29, 1.82) is 0 Å². The fraction of sp³-hybridized carbons (Fsp3) is 0.588. The van der Waals surface area contributed by atoms with Gasteiger partial charge in [-0.15, -0.1) is 0 Å². The number of fused-ring (bicyclic) bond motifs is 2. The number of hydrogen-bond donors (Lipinski definition) is 0. The van der Waals surface area contributed by atoms with E-state index in [0.717, 1.165) is 24.3 Å². The van der Waals surface area contributed by atoms with Crippen molar-refractivity contribution in [1.82, 2.24) is 4.90 Å². The van der Waals surface area contributed by atoms with Crippen LogP contribution in [-0.4, -0.2) is 50.3 Å². The van der Waals surface area contributed by atoms with Crippen molar-refractivity contribution in [2.24, 2.45) is 5.92 Å². The van der Waals surface area contributed by atoms with Gasteiger partial charge >= 0.3 is 0 Å². The number of hydrogen-bond acceptors (Lipinski definition) is 4. The topological polar surface area (TPSA) is 48.0 Å². The standard InChI is InChI=1S/C17H23NO4/c1-20-11-17(19)18-13-4-3-12(9-13)16(18)10-22-15-7-5-14(21-2)6-8-15/h5-8,12-13,16H,3-4,9-11H2,1-2H3/t12-,13+,16+/m1/s1. The monoisotopic (exact) mass is 305 g/mol. The molecule has 0 radical (unpaired) electrons. The van der Waals surface area contributed by atoms with Gasteiger partial charge in [-0.25, -0.2) is 0 Å². The van der Waals surface area contributed by atoms with Crippen molar-refractivity contribution in [3.05, 3.63) is 24.3 Å². The molecule has 0 aromatic heterocycles. The molecule has 1 aromatic rings. The van der Waals surface area contributed by atoms with Gasteiger partial charge in [0.15, 0.2) is 0 Å². The average Bonchev–Trinajstić information content (AvgIpc) is 3.14. The summed E-state index contributed by atoms with van der Waals surface area (Å²) in [7, 11) is 3.21. The third-order valence-electron chi connectivity index (χ3n) is 4.78. The molecule has 2 fully saturated rings. The van der Waals surface area contributed by atoms with Crippen LogP contribution in [0.5, 0.6) is 11.5 Å². The summed E-state index contributed by atoms with van der Waals surface area (Å²) < 4.78 is 16.1. The van der Waals surface area contributed by atoms with Gasteiger partial charge in [0.2, 0.25) is 5.91 Å². The van der Waals surface area contributed by atoms with Crippen LogP contribution in [0.3, 0.4) is 0 Å². The first kappa shape index (κ1) is 15.2. The molecule has 0 unspecified atom stereocenters. The van der Waals surface area contributed by atoms with E-state index in [2.05, 4.69) is 0 Å². The van der Waals surface area contributed by atoms with Gasteiger partial charge in [0.1, 0.15) is 24.7 Å². The molecule has 120 valence electrons. The van der Waals surface area contributed by atoms with E-state index in [1.807, 2.05) is 29.2 Å². The summed E-state index contributed by atoms with van der Waals surface area (Å²) in [5.41, 5.74) is 0. The first-order valence-corrected chi connectivity index (χ1v) is 7.80.